The van der Waals surface area contributed by atoms with Crippen LogP contribution in [0.25, 0.3) is 0 Å². The third-order valence-electron chi connectivity index (χ3n) is 3.59. The predicted octanol–water partition coefficient (Wildman–Crippen LogP) is 2.58. The molecule has 144 valence electrons. The average molecular weight is 374 g/mol. The van der Waals surface area contributed by atoms with Crippen LogP contribution in [0.4, 0.5) is 0 Å². The lowest BCUT2D eigenvalue weighted by molar-refractivity contribution is 0.0954. The number of aromatic hydroxyl groups is 1. The van der Waals surface area contributed by atoms with Crippen molar-refractivity contribution >= 4 is 12.1 Å². The Balaban J connectivity index is 2.13. The number of ether oxygens (including phenoxy) is 4. The maximum absolute atomic E-state index is 12.3. The van der Waals surface area contributed by atoms with Gasteiger partial charge in [-0.15, -0.1) is 0 Å². The number of rotatable bonds is 8. The van der Waals surface area contributed by atoms with Gasteiger partial charge < -0.3 is 24.1 Å². The molecule has 0 aromatic heterocycles. The minimum Gasteiger partial charge on any atom is -0.504 e. The minimum atomic E-state index is -0.458. The van der Waals surface area contributed by atoms with E-state index in [-0.39, 0.29) is 11.3 Å². The lowest BCUT2D eigenvalue weighted by atomic mass is 10.1. The molecule has 2 rings (SSSR count). The summed E-state index contributed by atoms with van der Waals surface area (Å²) in [6, 6.07) is 7.87. The van der Waals surface area contributed by atoms with Crippen molar-refractivity contribution in [3.8, 4) is 28.7 Å². The first-order chi connectivity index (χ1) is 13.0. The molecule has 0 unspecified atom stereocenters. The summed E-state index contributed by atoms with van der Waals surface area (Å²) in [5.74, 6) is 1.04. The first-order valence-corrected chi connectivity index (χ1v) is 8.13. The van der Waals surface area contributed by atoms with Gasteiger partial charge >= 0.3 is 0 Å². The van der Waals surface area contributed by atoms with Crippen molar-refractivity contribution in [1.82, 2.24) is 5.43 Å². The standard InChI is InChI=1S/C19H22N2O6/c1-5-27-15-7-6-12(8-14(15)22)11-20-21-19(23)13-9-16(24-2)18(26-4)17(10-13)25-3/h6-11,22H,5H2,1-4H3,(H,21,23)/b20-11+. The van der Waals surface area contributed by atoms with Crippen molar-refractivity contribution in [1.29, 1.82) is 0 Å². The van der Waals surface area contributed by atoms with Gasteiger partial charge in [-0.1, -0.05) is 0 Å². The minimum absolute atomic E-state index is 0.00301. The highest BCUT2D eigenvalue weighted by atomic mass is 16.5. The highest BCUT2D eigenvalue weighted by Gasteiger charge is 2.16. The quantitative estimate of drug-likeness (QED) is 0.544. The Morgan fingerprint density at radius 2 is 1.74 bits per heavy atom. The van der Waals surface area contributed by atoms with E-state index in [1.165, 1.54) is 45.7 Å². The highest BCUT2D eigenvalue weighted by Crippen LogP contribution is 2.38. The largest absolute Gasteiger partial charge is 0.504 e. The molecule has 0 saturated carbocycles. The van der Waals surface area contributed by atoms with Crippen LogP contribution in [-0.4, -0.2) is 45.2 Å². The normalized spacial score (nSPS) is 10.5. The maximum atomic E-state index is 12.3. The summed E-state index contributed by atoms with van der Waals surface area (Å²) < 4.78 is 20.9. The molecule has 8 nitrogen and oxygen atoms in total. The molecule has 0 spiro atoms. The number of phenols is 1. The molecule has 0 fully saturated rings. The van der Waals surface area contributed by atoms with Crippen LogP contribution >= 0.6 is 0 Å². The van der Waals surface area contributed by atoms with E-state index >= 15 is 0 Å². The van der Waals surface area contributed by atoms with Crippen LogP contribution in [-0.2, 0) is 0 Å². The number of nitrogens with zero attached hydrogens (tertiary/aromatic N) is 1. The number of hydrogen-bond donors (Lipinski definition) is 2. The Bertz CT molecular complexity index is 810. The molecule has 0 aliphatic carbocycles. The molecule has 27 heavy (non-hydrogen) atoms. The fraction of sp³-hybridized carbons (Fsp3) is 0.263. The number of methoxy groups -OCH3 is 3. The second kappa shape index (κ2) is 9.33. The van der Waals surface area contributed by atoms with E-state index in [0.29, 0.717) is 35.2 Å². The van der Waals surface area contributed by atoms with Crippen molar-refractivity contribution in [2.24, 2.45) is 5.10 Å². The SMILES string of the molecule is CCOc1ccc(/C=N/NC(=O)c2cc(OC)c(OC)c(OC)c2)cc1O. The number of benzene rings is 2. The van der Waals surface area contributed by atoms with E-state index in [1.54, 1.807) is 12.1 Å². The second-order valence-electron chi connectivity index (χ2n) is 5.27. The van der Waals surface area contributed by atoms with Crippen molar-refractivity contribution in [3.63, 3.8) is 0 Å². The van der Waals surface area contributed by atoms with Gasteiger partial charge in [-0.25, -0.2) is 5.43 Å². The van der Waals surface area contributed by atoms with Crippen LogP contribution in [0.1, 0.15) is 22.8 Å². The van der Waals surface area contributed by atoms with E-state index < -0.39 is 5.91 Å². The highest BCUT2D eigenvalue weighted by molar-refractivity contribution is 5.96. The summed E-state index contributed by atoms with van der Waals surface area (Å²) in [6.07, 6.45) is 1.41. The van der Waals surface area contributed by atoms with Gasteiger partial charge in [-0.3, -0.25) is 4.79 Å². The third-order valence-corrected chi connectivity index (χ3v) is 3.59. The van der Waals surface area contributed by atoms with Crippen LogP contribution in [0, 0.1) is 0 Å². The van der Waals surface area contributed by atoms with Crippen molar-refractivity contribution in [2.45, 2.75) is 6.92 Å². The Labute approximate surface area is 157 Å². The molecule has 0 aliphatic heterocycles. The van der Waals surface area contributed by atoms with Gasteiger partial charge in [-0.2, -0.15) is 5.10 Å². The van der Waals surface area contributed by atoms with Crippen LogP contribution in [0.15, 0.2) is 35.4 Å². The number of phenolic OH excluding ortho intramolecular Hbond substituents is 1. The summed E-state index contributed by atoms with van der Waals surface area (Å²) >= 11 is 0. The van der Waals surface area contributed by atoms with Gasteiger partial charge in [0.2, 0.25) is 5.75 Å². The smallest absolute Gasteiger partial charge is 0.271 e. The fourth-order valence-corrected chi connectivity index (χ4v) is 2.33. The molecule has 0 radical (unpaired) electrons. The summed E-state index contributed by atoms with van der Waals surface area (Å²) in [5, 5.41) is 13.8. The molecular formula is C19H22N2O6. The van der Waals surface area contributed by atoms with Crippen LogP contribution in [0.5, 0.6) is 28.7 Å². The lowest BCUT2D eigenvalue weighted by Gasteiger charge is -2.13. The Morgan fingerprint density at radius 3 is 2.26 bits per heavy atom. The van der Waals surface area contributed by atoms with Crippen molar-refractivity contribution in [2.75, 3.05) is 27.9 Å². The van der Waals surface area contributed by atoms with Crippen molar-refractivity contribution in [3.05, 3.63) is 41.5 Å². The fourth-order valence-electron chi connectivity index (χ4n) is 2.33. The molecule has 0 atom stereocenters. The molecular weight excluding hydrogens is 352 g/mol. The molecule has 0 heterocycles. The Hall–Kier alpha value is -3.42. The number of amides is 1. The monoisotopic (exact) mass is 374 g/mol. The molecule has 2 N–H and O–H groups in total. The number of nitrogens with one attached hydrogen (secondary N) is 1. The first kappa shape index (κ1) is 19.9. The number of carbonyl (C=O) groups is 1. The average Bonchev–Trinajstić information content (AvgIpc) is 2.68. The van der Waals surface area contributed by atoms with E-state index in [9.17, 15) is 9.90 Å². The third kappa shape index (κ3) is 4.81. The molecule has 0 saturated heterocycles. The first-order valence-electron chi connectivity index (χ1n) is 8.13. The summed E-state index contributed by atoms with van der Waals surface area (Å²) in [7, 11) is 4.42. The number of hydrazone groups is 1. The van der Waals surface area contributed by atoms with E-state index in [2.05, 4.69) is 10.5 Å². The number of carbonyl (C=O) groups excluding carboxylic acids is 1. The number of hydrogen-bond acceptors (Lipinski definition) is 7. The molecule has 0 aliphatic rings. The van der Waals surface area contributed by atoms with Gasteiger partial charge in [0.05, 0.1) is 34.2 Å². The molecule has 8 heteroatoms. The molecule has 2 aromatic rings. The van der Waals surface area contributed by atoms with Crippen LogP contribution < -0.4 is 24.4 Å². The van der Waals surface area contributed by atoms with E-state index in [0.717, 1.165) is 0 Å². The summed E-state index contributed by atoms with van der Waals surface area (Å²) in [4.78, 5) is 12.3. The van der Waals surface area contributed by atoms with Gasteiger partial charge in [0.1, 0.15) is 0 Å². The predicted molar refractivity (Wildman–Crippen MR) is 100 cm³/mol. The zero-order valence-corrected chi connectivity index (χ0v) is 15.6. The molecule has 2 aromatic carbocycles. The van der Waals surface area contributed by atoms with Gasteiger partial charge in [0, 0.05) is 5.56 Å². The van der Waals surface area contributed by atoms with E-state index in [4.69, 9.17) is 18.9 Å². The zero-order valence-electron chi connectivity index (χ0n) is 15.6. The molecule has 1 amide bonds. The summed E-state index contributed by atoms with van der Waals surface area (Å²) in [6.45, 7) is 2.28. The van der Waals surface area contributed by atoms with Gasteiger partial charge in [-0.05, 0) is 42.8 Å². The van der Waals surface area contributed by atoms with Gasteiger partial charge in [0.15, 0.2) is 23.0 Å². The Kier molecular flexibility index (Phi) is 6.87. The van der Waals surface area contributed by atoms with E-state index in [1.807, 2.05) is 6.92 Å². The van der Waals surface area contributed by atoms with Crippen molar-refractivity contribution < 1.29 is 28.8 Å². The maximum Gasteiger partial charge on any atom is 0.271 e. The van der Waals surface area contributed by atoms with Crippen LogP contribution in [0.3, 0.4) is 0 Å². The molecule has 0 bridgehead atoms. The topological polar surface area (TPSA) is 98.6 Å². The van der Waals surface area contributed by atoms with Crippen LogP contribution in [0.2, 0.25) is 0 Å². The lowest BCUT2D eigenvalue weighted by Crippen LogP contribution is -2.18. The Morgan fingerprint density at radius 1 is 1.07 bits per heavy atom. The van der Waals surface area contributed by atoms with Gasteiger partial charge in [0.25, 0.3) is 5.91 Å². The summed E-state index contributed by atoms with van der Waals surface area (Å²) in [5.41, 5.74) is 3.30. The zero-order chi connectivity index (χ0) is 19.8. The second-order valence-corrected chi connectivity index (χ2v) is 5.27.